The van der Waals surface area contributed by atoms with Crippen molar-refractivity contribution >= 4 is 29.3 Å². The molecule has 1 heterocycles. The van der Waals surface area contributed by atoms with Crippen molar-refractivity contribution in [3.63, 3.8) is 0 Å². The van der Waals surface area contributed by atoms with E-state index in [1.54, 1.807) is 13.8 Å². The third-order valence-electron chi connectivity index (χ3n) is 8.93. The van der Waals surface area contributed by atoms with Gasteiger partial charge in [-0.3, -0.25) is 19.2 Å². The fraction of sp³-hybridized carbons (Fsp3) is 0.500. The Bertz CT molecular complexity index is 1330. The highest BCUT2D eigenvalue weighted by atomic mass is 16.6. The molecule has 3 unspecified atom stereocenters. The maximum absolute atomic E-state index is 14.0. The summed E-state index contributed by atoms with van der Waals surface area (Å²) in [6.45, 7) is 5.20. The molecule has 1 aromatic rings. The lowest BCUT2D eigenvalue weighted by molar-refractivity contribution is -0.161. The van der Waals surface area contributed by atoms with Gasteiger partial charge in [0.2, 0.25) is 11.6 Å². The number of ether oxygens (including phenoxy) is 3. The van der Waals surface area contributed by atoms with Gasteiger partial charge in [0.15, 0.2) is 0 Å². The van der Waals surface area contributed by atoms with Crippen LogP contribution < -0.4 is 5.32 Å². The number of carbonyl (C=O) groups excluding carboxylic acids is 5. The summed E-state index contributed by atoms with van der Waals surface area (Å²) >= 11 is 0. The SMILES string of the molecule is COCC1OC(=O)C(CNCc2ccccc2)=C2C(=O)C(=O)C3=C(C(OC(C)=O)C[C@]4(C)C(=O)CCC34)[C@]21C. The van der Waals surface area contributed by atoms with E-state index in [1.807, 2.05) is 30.3 Å². The Labute approximate surface area is 226 Å². The number of hydrogen-bond donors (Lipinski definition) is 1. The second-order valence-corrected chi connectivity index (χ2v) is 11.2. The fourth-order valence-corrected chi connectivity index (χ4v) is 7.09. The quantitative estimate of drug-likeness (QED) is 0.414. The second-order valence-electron chi connectivity index (χ2n) is 11.2. The van der Waals surface area contributed by atoms with Crippen LogP contribution in [0.3, 0.4) is 0 Å². The highest BCUT2D eigenvalue weighted by Gasteiger charge is 2.65. The van der Waals surface area contributed by atoms with Crippen LogP contribution in [0.4, 0.5) is 0 Å². The molecule has 5 rings (SSSR count). The molecule has 1 fully saturated rings. The van der Waals surface area contributed by atoms with Gasteiger partial charge in [0.25, 0.3) is 0 Å². The number of cyclic esters (lactones) is 1. The Morgan fingerprint density at radius 2 is 1.79 bits per heavy atom. The van der Waals surface area contributed by atoms with E-state index < -0.39 is 52.5 Å². The van der Waals surface area contributed by atoms with Crippen LogP contribution in [0.25, 0.3) is 0 Å². The largest absolute Gasteiger partial charge is 0.458 e. The first kappa shape index (κ1) is 27.1. The van der Waals surface area contributed by atoms with Gasteiger partial charge < -0.3 is 19.5 Å². The molecule has 5 atom stereocenters. The Morgan fingerprint density at radius 1 is 1.08 bits per heavy atom. The molecule has 0 bridgehead atoms. The lowest BCUT2D eigenvalue weighted by Crippen LogP contribution is -2.59. The topological polar surface area (TPSA) is 125 Å². The van der Waals surface area contributed by atoms with Gasteiger partial charge in [-0.05, 0) is 24.5 Å². The number of carbonyl (C=O) groups is 5. The van der Waals surface area contributed by atoms with Crippen LogP contribution in [-0.2, 0) is 44.7 Å². The van der Waals surface area contributed by atoms with Crippen LogP contribution in [0.5, 0.6) is 0 Å². The molecule has 1 aromatic carbocycles. The average molecular weight is 536 g/mol. The first-order valence-corrected chi connectivity index (χ1v) is 13.3. The van der Waals surface area contributed by atoms with Gasteiger partial charge in [-0.15, -0.1) is 0 Å². The summed E-state index contributed by atoms with van der Waals surface area (Å²) in [6.07, 6.45) is -0.988. The highest BCUT2D eigenvalue weighted by molar-refractivity contribution is 6.51. The summed E-state index contributed by atoms with van der Waals surface area (Å²) in [5.41, 5.74) is -0.443. The number of fused-ring (bicyclic) bond motifs is 4. The molecular formula is C30H33NO8. The highest BCUT2D eigenvalue weighted by Crippen LogP contribution is 2.61. The second kappa shape index (κ2) is 9.95. The zero-order valence-corrected chi connectivity index (χ0v) is 22.6. The number of rotatable bonds is 7. The smallest absolute Gasteiger partial charge is 0.336 e. The Hall–Kier alpha value is -3.43. The van der Waals surface area contributed by atoms with Crippen LogP contribution >= 0.6 is 0 Å². The molecule has 0 saturated heterocycles. The third-order valence-corrected chi connectivity index (χ3v) is 8.93. The van der Waals surface area contributed by atoms with E-state index in [0.29, 0.717) is 18.5 Å². The minimum atomic E-state index is -1.29. The molecular weight excluding hydrogens is 502 g/mol. The lowest BCUT2D eigenvalue weighted by atomic mass is 9.52. The van der Waals surface area contributed by atoms with Crippen molar-refractivity contribution in [3.8, 4) is 0 Å². The molecule has 0 radical (unpaired) electrons. The van der Waals surface area contributed by atoms with Gasteiger partial charge in [-0.2, -0.15) is 0 Å². The Morgan fingerprint density at radius 3 is 2.46 bits per heavy atom. The predicted octanol–water partition coefficient (Wildman–Crippen LogP) is 2.42. The molecule has 0 amide bonds. The predicted molar refractivity (Wildman–Crippen MR) is 138 cm³/mol. The van der Waals surface area contributed by atoms with Gasteiger partial charge >= 0.3 is 11.9 Å². The van der Waals surface area contributed by atoms with Crippen LogP contribution in [0.1, 0.15) is 45.6 Å². The van der Waals surface area contributed by atoms with Crippen LogP contribution in [0, 0.1) is 16.7 Å². The Balaban J connectivity index is 1.68. The number of esters is 2. The van der Waals surface area contributed by atoms with Crippen molar-refractivity contribution in [2.24, 2.45) is 16.7 Å². The number of hydrogen-bond acceptors (Lipinski definition) is 9. The molecule has 0 spiro atoms. The normalized spacial score (nSPS) is 32.1. The number of allylic oxidation sites excluding steroid dienone is 1. The van der Waals surface area contributed by atoms with Gasteiger partial charge in [0.05, 0.1) is 17.6 Å². The van der Waals surface area contributed by atoms with E-state index in [9.17, 15) is 24.0 Å². The first-order valence-electron chi connectivity index (χ1n) is 13.3. The zero-order valence-electron chi connectivity index (χ0n) is 22.6. The number of benzene rings is 1. The molecule has 1 saturated carbocycles. The summed E-state index contributed by atoms with van der Waals surface area (Å²) < 4.78 is 17.1. The summed E-state index contributed by atoms with van der Waals surface area (Å²) in [5.74, 6) is -3.29. The zero-order chi connectivity index (χ0) is 28.1. The molecule has 3 aliphatic carbocycles. The van der Waals surface area contributed by atoms with E-state index in [2.05, 4.69) is 5.32 Å². The number of ketones is 3. The number of Topliss-reactive ketones (excluding diaryl/α,β-unsaturated/α-hetero) is 3. The standard InChI is InChI=1S/C30H33NO8/c1-16(32)38-20-12-29(2)19(10-11-21(29)33)23-25(20)30(3)22(15-37-4)39-28(36)18(24(30)27(35)26(23)34)14-31-13-17-8-6-5-7-9-17/h5-9,19-20,22,31H,10-15H2,1-4H3/t19?,20?,22?,29-,30-/m0/s1. The molecule has 9 heteroatoms. The van der Waals surface area contributed by atoms with Gasteiger partial charge in [0.1, 0.15) is 18.0 Å². The van der Waals surface area contributed by atoms with Crippen LogP contribution in [0.2, 0.25) is 0 Å². The molecule has 9 nitrogen and oxygen atoms in total. The van der Waals surface area contributed by atoms with E-state index in [4.69, 9.17) is 14.2 Å². The molecule has 39 heavy (non-hydrogen) atoms. The van der Waals surface area contributed by atoms with Gasteiger partial charge in [-0.25, -0.2) is 4.79 Å². The van der Waals surface area contributed by atoms with Crippen molar-refractivity contribution < 1.29 is 38.2 Å². The summed E-state index contributed by atoms with van der Waals surface area (Å²) in [5, 5.41) is 3.20. The van der Waals surface area contributed by atoms with Crippen molar-refractivity contribution in [2.75, 3.05) is 20.3 Å². The van der Waals surface area contributed by atoms with E-state index in [-0.39, 0.29) is 48.5 Å². The summed E-state index contributed by atoms with van der Waals surface area (Å²) in [6, 6.07) is 9.56. The fourth-order valence-electron chi connectivity index (χ4n) is 7.09. The van der Waals surface area contributed by atoms with Crippen LogP contribution in [0.15, 0.2) is 52.6 Å². The lowest BCUT2D eigenvalue weighted by Gasteiger charge is -2.53. The van der Waals surface area contributed by atoms with Crippen molar-refractivity contribution in [2.45, 2.75) is 58.8 Å². The number of methoxy groups -OCH3 is 1. The minimum absolute atomic E-state index is 0.00213. The average Bonchev–Trinajstić information content (AvgIpc) is 3.18. The Kier molecular flexibility index (Phi) is 6.93. The summed E-state index contributed by atoms with van der Waals surface area (Å²) in [7, 11) is 1.46. The van der Waals surface area contributed by atoms with E-state index in [1.165, 1.54) is 14.0 Å². The maximum atomic E-state index is 14.0. The molecule has 4 aliphatic rings. The van der Waals surface area contributed by atoms with E-state index in [0.717, 1.165) is 5.56 Å². The number of nitrogens with one attached hydrogen (secondary N) is 1. The van der Waals surface area contributed by atoms with Gasteiger partial charge in [-0.1, -0.05) is 37.3 Å². The van der Waals surface area contributed by atoms with E-state index >= 15 is 0 Å². The molecule has 0 aromatic heterocycles. The van der Waals surface area contributed by atoms with Crippen molar-refractivity contribution in [1.29, 1.82) is 0 Å². The monoisotopic (exact) mass is 535 g/mol. The minimum Gasteiger partial charge on any atom is -0.458 e. The van der Waals surface area contributed by atoms with Crippen molar-refractivity contribution in [1.82, 2.24) is 5.32 Å². The molecule has 1 aliphatic heterocycles. The third kappa shape index (κ3) is 4.19. The van der Waals surface area contributed by atoms with Crippen molar-refractivity contribution in [3.05, 3.63) is 58.2 Å². The maximum Gasteiger partial charge on any atom is 0.336 e. The summed E-state index contributed by atoms with van der Waals surface area (Å²) in [4.78, 5) is 66.4. The van der Waals surface area contributed by atoms with Gasteiger partial charge in [0, 0.05) is 62.4 Å². The molecule has 1 N–H and O–H groups in total. The molecule has 206 valence electrons. The first-order chi connectivity index (χ1) is 18.5. The van der Waals surface area contributed by atoms with Crippen LogP contribution in [-0.4, -0.2) is 61.8 Å².